The molecule has 2 saturated heterocycles. The van der Waals surface area contributed by atoms with Crippen LogP contribution in [0.4, 0.5) is 0 Å². The number of carbonyl (C=O) groups is 1. The molecule has 1 amide bonds. The van der Waals surface area contributed by atoms with Gasteiger partial charge < -0.3 is 10.6 Å². The second kappa shape index (κ2) is 8.74. The van der Waals surface area contributed by atoms with Gasteiger partial charge in [0.2, 0.25) is 5.91 Å². The summed E-state index contributed by atoms with van der Waals surface area (Å²) in [6.45, 7) is 8.39. The van der Waals surface area contributed by atoms with Crippen LogP contribution in [-0.2, 0) is 4.79 Å². The zero-order valence-corrected chi connectivity index (χ0v) is 13.9. The molecule has 0 radical (unpaired) electrons. The van der Waals surface area contributed by atoms with Crippen molar-refractivity contribution < 1.29 is 4.79 Å². The molecule has 2 unspecified atom stereocenters. The highest BCUT2D eigenvalue weighted by atomic mass is 16.2. The average molecular weight is 295 g/mol. The summed E-state index contributed by atoms with van der Waals surface area (Å²) in [6, 6.07) is 0.631. The van der Waals surface area contributed by atoms with Crippen LogP contribution in [0.15, 0.2) is 0 Å². The summed E-state index contributed by atoms with van der Waals surface area (Å²) in [5, 5.41) is 6.55. The number of nitrogens with one attached hydrogen (secondary N) is 2. The average Bonchev–Trinajstić information content (AvgIpc) is 2.78. The van der Waals surface area contributed by atoms with E-state index in [1.54, 1.807) is 0 Å². The first-order chi connectivity index (χ1) is 10.2. The van der Waals surface area contributed by atoms with Gasteiger partial charge in [0.05, 0.1) is 6.04 Å². The van der Waals surface area contributed by atoms with Crippen LogP contribution in [0.3, 0.4) is 0 Å². The van der Waals surface area contributed by atoms with E-state index in [9.17, 15) is 4.79 Å². The fourth-order valence-corrected chi connectivity index (χ4v) is 3.92. The van der Waals surface area contributed by atoms with Crippen LogP contribution < -0.4 is 10.6 Å². The normalized spacial score (nSPS) is 27.0. The number of hydrogen-bond acceptors (Lipinski definition) is 3. The SMILES string of the molecule is CCCNC(=O)C(C)N1CCCCCC1C1CCNCC1. The number of rotatable bonds is 5. The van der Waals surface area contributed by atoms with Gasteiger partial charge >= 0.3 is 0 Å². The van der Waals surface area contributed by atoms with Gasteiger partial charge in [0, 0.05) is 12.6 Å². The molecule has 4 heteroatoms. The van der Waals surface area contributed by atoms with Gasteiger partial charge in [0.15, 0.2) is 0 Å². The number of amides is 1. The third-order valence-corrected chi connectivity index (χ3v) is 5.20. The van der Waals surface area contributed by atoms with Crippen LogP contribution in [0.2, 0.25) is 0 Å². The minimum absolute atomic E-state index is 0.0227. The highest BCUT2D eigenvalue weighted by Gasteiger charge is 2.34. The largest absolute Gasteiger partial charge is 0.355 e. The van der Waals surface area contributed by atoms with E-state index in [2.05, 4.69) is 29.4 Å². The Morgan fingerprint density at radius 3 is 2.71 bits per heavy atom. The minimum atomic E-state index is 0.0227. The molecule has 0 aromatic heterocycles. The lowest BCUT2D eigenvalue weighted by Gasteiger charge is -2.40. The zero-order valence-electron chi connectivity index (χ0n) is 13.9. The Morgan fingerprint density at radius 1 is 1.24 bits per heavy atom. The lowest BCUT2D eigenvalue weighted by atomic mass is 9.86. The van der Waals surface area contributed by atoms with Crippen molar-refractivity contribution in [1.82, 2.24) is 15.5 Å². The highest BCUT2D eigenvalue weighted by Crippen LogP contribution is 2.29. The molecular weight excluding hydrogens is 262 g/mol. The summed E-state index contributed by atoms with van der Waals surface area (Å²) < 4.78 is 0. The van der Waals surface area contributed by atoms with E-state index in [0.29, 0.717) is 6.04 Å². The summed E-state index contributed by atoms with van der Waals surface area (Å²) in [7, 11) is 0. The summed E-state index contributed by atoms with van der Waals surface area (Å²) in [5.41, 5.74) is 0. The van der Waals surface area contributed by atoms with Crippen LogP contribution >= 0.6 is 0 Å². The standard InChI is InChI=1S/C17H33N3O/c1-3-10-19-17(21)14(2)20-13-6-4-5-7-16(20)15-8-11-18-12-9-15/h14-16,18H,3-13H2,1-2H3,(H,19,21). The number of likely N-dealkylation sites (tertiary alicyclic amines) is 1. The van der Waals surface area contributed by atoms with E-state index >= 15 is 0 Å². The summed E-state index contributed by atoms with van der Waals surface area (Å²) in [6.07, 6.45) is 8.71. The first-order valence-corrected chi connectivity index (χ1v) is 8.98. The fourth-order valence-electron chi connectivity index (χ4n) is 3.92. The van der Waals surface area contributed by atoms with Crippen LogP contribution in [-0.4, -0.2) is 49.1 Å². The Morgan fingerprint density at radius 2 is 2.00 bits per heavy atom. The third kappa shape index (κ3) is 4.68. The van der Waals surface area contributed by atoms with Gasteiger partial charge in [-0.25, -0.2) is 0 Å². The molecule has 0 saturated carbocycles. The fraction of sp³-hybridized carbons (Fsp3) is 0.941. The first-order valence-electron chi connectivity index (χ1n) is 8.98. The molecule has 2 atom stereocenters. The van der Waals surface area contributed by atoms with Crippen molar-refractivity contribution in [3.63, 3.8) is 0 Å². The van der Waals surface area contributed by atoms with Crippen molar-refractivity contribution in [2.75, 3.05) is 26.2 Å². The Kier molecular flexibility index (Phi) is 6.97. The Balaban J connectivity index is 2.01. The van der Waals surface area contributed by atoms with Crippen molar-refractivity contribution in [2.45, 2.75) is 70.9 Å². The van der Waals surface area contributed by atoms with Crippen molar-refractivity contribution in [1.29, 1.82) is 0 Å². The van der Waals surface area contributed by atoms with E-state index < -0.39 is 0 Å². The maximum atomic E-state index is 12.4. The maximum Gasteiger partial charge on any atom is 0.237 e. The number of hydrogen-bond donors (Lipinski definition) is 2. The molecular formula is C17H33N3O. The Labute approximate surface area is 130 Å². The molecule has 2 N–H and O–H groups in total. The van der Waals surface area contributed by atoms with E-state index in [0.717, 1.165) is 38.5 Å². The second-order valence-electron chi connectivity index (χ2n) is 6.71. The predicted molar refractivity (Wildman–Crippen MR) is 87.3 cm³/mol. The first kappa shape index (κ1) is 16.8. The van der Waals surface area contributed by atoms with Crippen LogP contribution in [0.25, 0.3) is 0 Å². The molecule has 0 spiro atoms. The maximum absolute atomic E-state index is 12.4. The van der Waals surface area contributed by atoms with Gasteiger partial charge in [0.1, 0.15) is 0 Å². The lowest BCUT2D eigenvalue weighted by molar-refractivity contribution is -0.127. The van der Waals surface area contributed by atoms with Crippen molar-refractivity contribution in [3.05, 3.63) is 0 Å². The topological polar surface area (TPSA) is 44.4 Å². The highest BCUT2D eigenvalue weighted by molar-refractivity contribution is 5.81. The molecule has 4 nitrogen and oxygen atoms in total. The minimum Gasteiger partial charge on any atom is -0.355 e. The molecule has 0 bridgehead atoms. The van der Waals surface area contributed by atoms with Crippen molar-refractivity contribution in [2.24, 2.45) is 5.92 Å². The smallest absolute Gasteiger partial charge is 0.237 e. The quantitative estimate of drug-likeness (QED) is 0.817. The van der Waals surface area contributed by atoms with E-state index in [1.807, 2.05) is 0 Å². The number of piperidine rings is 1. The van der Waals surface area contributed by atoms with Gasteiger partial charge in [-0.1, -0.05) is 19.8 Å². The summed E-state index contributed by atoms with van der Waals surface area (Å²) >= 11 is 0. The molecule has 2 aliphatic heterocycles. The predicted octanol–water partition coefficient (Wildman–Crippen LogP) is 2.15. The van der Waals surface area contributed by atoms with Gasteiger partial charge in [-0.15, -0.1) is 0 Å². The van der Waals surface area contributed by atoms with Gasteiger partial charge in [-0.3, -0.25) is 9.69 Å². The van der Waals surface area contributed by atoms with Crippen molar-refractivity contribution in [3.8, 4) is 0 Å². The monoisotopic (exact) mass is 295 g/mol. The molecule has 0 aliphatic carbocycles. The third-order valence-electron chi connectivity index (χ3n) is 5.20. The van der Waals surface area contributed by atoms with Crippen LogP contribution in [0.1, 0.15) is 58.8 Å². The molecule has 0 aromatic carbocycles. The van der Waals surface area contributed by atoms with Gasteiger partial charge in [-0.05, 0) is 64.6 Å². The van der Waals surface area contributed by atoms with E-state index in [-0.39, 0.29) is 11.9 Å². The number of nitrogens with zero attached hydrogens (tertiary/aromatic N) is 1. The summed E-state index contributed by atoms with van der Waals surface area (Å²) in [5.74, 6) is 0.989. The van der Waals surface area contributed by atoms with Crippen LogP contribution in [0, 0.1) is 5.92 Å². The van der Waals surface area contributed by atoms with E-state index in [4.69, 9.17) is 0 Å². The molecule has 2 fully saturated rings. The Hall–Kier alpha value is -0.610. The van der Waals surface area contributed by atoms with Gasteiger partial charge in [0.25, 0.3) is 0 Å². The molecule has 2 aliphatic rings. The van der Waals surface area contributed by atoms with Crippen molar-refractivity contribution >= 4 is 5.91 Å². The molecule has 122 valence electrons. The molecule has 2 heterocycles. The van der Waals surface area contributed by atoms with Gasteiger partial charge in [-0.2, -0.15) is 0 Å². The Bertz CT molecular complexity index is 315. The summed E-state index contributed by atoms with van der Waals surface area (Å²) in [4.78, 5) is 14.9. The molecule has 2 rings (SSSR count). The second-order valence-corrected chi connectivity index (χ2v) is 6.71. The number of carbonyl (C=O) groups excluding carboxylic acids is 1. The molecule has 21 heavy (non-hydrogen) atoms. The molecule has 0 aromatic rings. The van der Waals surface area contributed by atoms with E-state index in [1.165, 1.54) is 38.5 Å². The lowest BCUT2D eigenvalue weighted by Crippen LogP contribution is -2.53. The van der Waals surface area contributed by atoms with Crippen LogP contribution in [0.5, 0.6) is 0 Å². The zero-order chi connectivity index (χ0) is 15.1.